The topological polar surface area (TPSA) is 69.7 Å². The molecule has 1 saturated heterocycles. The minimum atomic E-state index is -3.49. The van der Waals surface area contributed by atoms with Gasteiger partial charge < -0.3 is 10.2 Å². The van der Waals surface area contributed by atoms with Crippen LogP contribution >= 0.6 is 0 Å². The first kappa shape index (κ1) is 19.5. The van der Waals surface area contributed by atoms with Crippen LogP contribution in [0.4, 0.5) is 5.69 Å². The Morgan fingerprint density at radius 1 is 0.963 bits per heavy atom. The third kappa shape index (κ3) is 4.94. The largest absolute Gasteiger partial charge is 0.326 e. The molecule has 0 aliphatic carbocycles. The van der Waals surface area contributed by atoms with Crippen LogP contribution in [-0.2, 0) is 21.2 Å². The summed E-state index contributed by atoms with van der Waals surface area (Å²) in [7, 11) is -1.51. The maximum absolute atomic E-state index is 12.7. The number of likely N-dealkylation sites (N-methyl/N-ethyl adjacent to an activating group) is 1. The Morgan fingerprint density at radius 2 is 1.56 bits per heavy atom. The summed E-state index contributed by atoms with van der Waals surface area (Å²) >= 11 is 0. The van der Waals surface area contributed by atoms with Gasteiger partial charge in [-0.25, -0.2) is 8.42 Å². The highest BCUT2D eigenvalue weighted by Crippen LogP contribution is 2.20. The van der Waals surface area contributed by atoms with Crippen molar-refractivity contribution in [1.29, 1.82) is 0 Å². The lowest BCUT2D eigenvalue weighted by atomic mass is 10.1. The van der Waals surface area contributed by atoms with Gasteiger partial charge >= 0.3 is 0 Å². The first-order chi connectivity index (χ1) is 12.8. The lowest BCUT2D eigenvalue weighted by molar-refractivity contribution is -0.115. The van der Waals surface area contributed by atoms with Crippen molar-refractivity contribution in [2.75, 3.05) is 38.5 Å². The number of hydrogen-bond acceptors (Lipinski definition) is 4. The molecular formula is C20H25N3O3S. The van der Waals surface area contributed by atoms with Gasteiger partial charge in [-0.3, -0.25) is 4.79 Å². The van der Waals surface area contributed by atoms with Crippen LogP contribution in [0.15, 0.2) is 53.4 Å². The number of amides is 1. The Hall–Kier alpha value is -2.22. The molecule has 0 unspecified atom stereocenters. The predicted molar refractivity (Wildman–Crippen MR) is 106 cm³/mol. The van der Waals surface area contributed by atoms with Crippen molar-refractivity contribution < 1.29 is 13.2 Å². The van der Waals surface area contributed by atoms with Crippen molar-refractivity contribution in [3.63, 3.8) is 0 Å². The molecule has 7 heteroatoms. The molecule has 3 rings (SSSR count). The second-order valence-corrected chi connectivity index (χ2v) is 8.88. The lowest BCUT2D eigenvalue weighted by Crippen LogP contribution is -2.46. The Morgan fingerprint density at radius 3 is 2.15 bits per heavy atom. The van der Waals surface area contributed by atoms with Crippen LogP contribution in [0.3, 0.4) is 0 Å². The number of anilines is 1. The van der Waals surface area contributed by atoms with Crippen molar-refractivity contribution in [2.45, 2.75) is 18.2 Å². The van der Waals surface area contributed by atoms with Gasteiger partial charge in [-0.1, -0.05) is 29.8 Å². The first-order valence-corrected chi connectivity index (χ1v) is 10.4. The SMILES string of the molecule is Cc1ccc(CC(=O)Nc2ccc(S(=O)(=O)N3CCN(C)CC3)cc2)cc1. The van der Waals surface area contributed by atoms with Crippen LogP contribution in [0.1, 0.15) is 11.1 Å². The second-order valence-electron chi connectivity index (χ2n) is 6.94. The highest BCUT2D eigenvalue weighted by atomic mass is 32.2. The van der Waals surface area contributed by atoms with E-state index in [-0.39, 0.29) is 17.2 Å². The molecule has 2 aromatic rings. The zero-order chi connectivity index (χ0) is 19.4. The third-order valence-corrected chi connectivity index (χ3v) is 6.64. The number of sulfonamides is 1. The van der Waals surface area contributed by atoms with E-state index in [4.69, 9.17) is 0 Å². The Kier molecular flexibility index (Phi) is 5.94. The molecule has 27 heavy (non-hydrogen) atoms. The quantitative estimate of drug-likeness (QED) is 0.853. The summed E-state index contributed by atoms with van der Waals surface area (Å²) < 4.78 is 26.9. The summed E-state index contributed by atoms with van der Waals surface area (Å²) in [6.45, 7) is 4.45. The van der Waals surface area contributed by atoms with Gasteiger partial charge in [0.05, 0.1) is 11.3 Å². The summed E-state index contributed by atoms with van der Waals surface area (Å²) in [5.41, 5.74) is 2.67. The number of piperazine rings is 1. The van der Waals surface area contributed by atoms with Gasteiger partial charge in [0.15, 0.2) is 0 Å². The molecule has 0 atom stereocenters. The molecule has 0 radical (unpaired) electrons. The minimum Gasteiger partial charge on any atom is -0.326 e. The van der Waals surface area contributed by atoms with Gasteiger partial charge in [0.1, 0.15) is 0 Å². The summed E-state index contributed by atoms with van der Waals surface area (Å²) in [6.07, 6.45) is 0.279. The van der Waals surface area contributed by atoms with Crippen LogP contribution in [-0.4, -0.2) is 56.8 Å². The van der Waals surface area contributed by atoms with Crippen molar-refractivity contribution in [2.24, 2.45) is 0 Å². The van der Waals surface area contributed by atoms with Gasteiger partial charge in [0.2, 0.25) is 15.9 Å². The molecule has 1 fully saturated rings. The number of benzene rings is 2. The number of aryl methyl sites for hydroxylation is 1. The highest BCUT2D eigenvalue weighted by Gasteiger charge is 2.27. The van der Waals surface area contributed by atoms with E-state index in [2.05, 4.69) is 10.2 Å². The highest BCUT2D eigenvalue weighted by molar-refractivity contribution is 7.89. The normalized spacial score (nSPS) is 16.2. The zero-order valence-corrected chi connectivity index (χ0v) is 16.5. The van der Waals surface area contributed by atoms with Gasteiger partial charge in [0.25, 0.3) is 0 Å². The molecule has 0 aromatic heterocycles. The molecule has 0 spiro atoms. The van der Waals surface area contributed by atoms with E-state index in [0.29, 0.717) is 18.8 Å². The van der Waals surface area contributed by atoms with Gasteiger partial charge in [0, 0.05) is 31.9 Å². The Bertz CT molecular complexity index is 885. The number of rotatable bonds is 5. The average molecular weight is 388 g/mol. The summed E-state index contributed by atoms with van der Waals surface area (Å²) in [5.74, 6) is -0.131. The third-order valence-electron chi connectivity index (χ3n) is 4.72. The Labute approximate surface area is 160 Å². The van der Waals surface area contributed by atoms with Crippen molar-refractivity contribution in [3.05, 3.63) is 59.7 Å². The Balaban J connectivity index is 1.62. The molecule has 6 nitrogen and oxygen atoms in total. The van der Waals surface area contributed by atoms with Crippen molar-refractivity contribution >= 4 is 21.6 Å². The fourth-order valence-electron chi connectivity index (χ4n) is 2.98. The van der Waals surface area contributed by atoms with E-state index in [1.165, 1.54) is 4.31 Å². The monoisotopic (exact) mass is 387 g/mol. The van der Waals surface area contributed by atoms with Crippen LogP contribution in [0, 0.1) is 6.92 Å². The molecule has 1 amide bonds. The first-order valence-electron chi connectivity index (χ1n) is 8.99. The maximum Gasteiger partial charge on any atom is 0.243 e. The van der Waals surface area contributed by atoms with Crippen LogP contribution in [0.2, 0.25) is 0 Å². The van der Waals surface area contributed by atoms with Crippen molar-refractivity contribution in [1.82, 2.24) is 9.21 Å². The molecule has 0 saturated carbocycles. The average Bonchev–Trinajstić information content (AvgIpc) is 2.64. The van der Waals surface area contributed by atoms with Gasteiger partial charge in [-0.15, -0.1) is 0 Å². The summed E-state index contributed by atoms with van der Waals surface area (Å²) in [4.78, 5) is 14.5. The zero-order valence-electron chi connectivity index (χ0n) is 15.7. The molecule has 1 heterocycles. The predicted octanol–water partition coefficient (Wildman–Crippen LogP) is 2.11. The molecule has 0 bridgehead atoms. The standard InChI is InChI=1S/C20H25N3O3S/c1-16-3-5-17(6-4-16)15-20(24)21-18-7-9-19(10-8-18)27(25,26)23-13-11-22(2)12-14-23/h3-10H,11-15H2,1-2H3,(H,21,24). The van der Waals surface area contributed by atoms with E-state index in [1.807, 2.05) is 38.2 Å². The molecular weight excluding hydrogens is 362 g/mol. The number of hydrogen-bond donors (Lipinski definition) is 1. The van der Waals surface area contributed by atoms with Crippen LogP contribution < -0.4 is 5.32 Å². The number of nitrogens with one attached hydrogen (secondary N) is 1. The smallest absolute Gasteiger partial charge is 0.243 e. The summed E-state index contributed by atoms with van der Waals surface area (Å²) in [5, 5.41) is 2.81. The molecule has 1 aliphatic heterocycles. The molecule has 2 aromatic carbocycles. The molecule has 1 aliphatic rings. The number of carbonyl (C=O) groups excluding carboxylic acids is 1. The fraction of sp³-hybridized carbons (Fsp3) is 0.350. The van der Waals surface area contributed by atoms with Gasteiger partial charge in [-0.2, -0.15) is 4.31 Å². The number of carbonyl (C=O) groups is 1. The van der Waals surface area contributed by atoms with Crippen LogP contribution in [0.25, 0.3) is 0 Å². The molecule has 144 valence electrons. The van der Waals surface area contributed by atoms with E-state index in [0.717, 1.165) is 24.2 Å². The van der Waals surface area contributed by atoms with E-state index in [9.17, 15) is 13.2 Å². The maximum atomic E-state index is 12.7. The van der Waals surface area contributed by atoms with E-state index < -0.39 is 10.0 Å². The van der Waals surface area contributed by atoms with Crippen molar-refractivity contribution in [3.8, 4) is 0 Å². The number of nitrogens with zero attached hydrogens (tertiary/aromatic N) is 2. The lowest BCUT2D eigenvalue weighted by Gasteiger charge is -2.31. The summed E-state index contributed by atoms with van der Waals surface area (Å²) in [6, 6.07) is 14.2. The van der Waals surface area contributed by atoms with Crippen LogP contribution in [0.5, 0.6) is 0 Å². The fourth-order valence-corrected chi connectivity index (χ4v) is 4.41. The molecule has 1 N–H and O–H groups in total. The minimum absolute atomic E-state index is 0.131. The van der Waals surface area contributed by atoms with Gasteiger partial charge in [-0.05, 0) is 43.8 Å². The second kappa shape index (κ2) is 8.21. The van der Waals surface area contributed by atoms with E-state index >= 15 is 0 Å². The van der Waals surface area contributed by atoms with E-state index in [1.54, 1.807) is 24.3 Å².